The van der Waals surface area contributed by atoms with Crippen LogP contribution in [-0.4, -0.2) is 18.7 Å². The summed E-state index contributed by atoms with van der Waals surface area (Å²) < 4.78 is 10.2. The van der Waals surface area contributed by atoms with Crippen molar-refractivity contribution in [2.75, 3.05) is 6.61 Å². The number of esters is 1. The minimum atomic E-state index is -0.572. The van der Waals surface area contributed by atoms with Crippen LogP contribution >= 0.6 is 0 Å². The number of rotatable bonds is 7. The molecule has 0 aliphatic carbocycles. The van der Waals surface area contributed by atoms with Gasteiger partial charge in [0.05, 0.1) is 19.1 Å². The number of hydrogen-bond donors (Lipinski definition) is 1. The summed E-state index contributed by atoms with van der Waals surface area (Å²) in [6, 6.07) is 18.2. The summed E-state index contributed by atoms with van der Waals surface area (Å²) in [6.07, 6.45) is -0.518. The summed E-state index contributed by atoms with van der Waals surface area (Å²) in [6.45, 7) is 2.23. The molecule has 126 valence electrons. The first kappa shape index (κ1) is 17.5. The van der Waals surface area contributed by atoms with Gasteiger partial charge in [0.1, 0.15) is 6.61 Å². The topological polar surface area (TPSA) is 64.6 Å². The molecule has 2 rings (SSSR count). The van der Waals surface area contributed by atoms with E-state index in [-0.39, 0.29) is 19.0 Å². The Hall–Kier alpha value is -2.82. The lowest BCUT2D eigenvalue weighted by atomic mass is 10.0. The Labute approximate surface area is 141 Å². The summed E-state index contributed by atoms with van der Waals surface area (Å²) >= 11 is 0. The number of nitrogens with one attached hydrogen (secondary N) is 1. The van der Waals surface area contributed by atoms with Crippen LogP contribution in [0.5, 0.6) is 0 Å². The second-order valence-electron chi connectivity index (χ2n) is 5.18. The van der Waals surface area contributed by atoms with Crippen molar-refractivity contribution in [1.29, 1.82) is 0 Å². The number of benzene rings is 2. The first-order valence-electron chi connectivity index (χ1n) is 7.87. The maximum atomic E-state index is 12.1. The van der Waals surface area contributed by atoms with E-state index in [0.29, 0.717) is 6.61 Å². The van der Waals surface area contributed by atoms with Gasteiger partial charge in [0.2, 0.25) is 0 Å². The van der Waals surface area contributed by atoms with Crippen LogP contribution in [0.25, 0.3) is 0 Å². The number of carbonyl (C=O) groups excluding carboxylic acids is 2. The Morgan fingerprint density at radius 2 is 1.58 bits per heavy atom. The second-order valence-corrected chi connectivity index (χ2v) is 5.18. The Bertz CT molecular complexity index is 643. The van der Waals surface area contributed by atoms with Gasteiger partial charge in [-0.05, 0) is 18.1 Å². The zero-order chi connectivity index (χ0) is 17.2. The van der Waals surface area contributed by atoms with Crippen LogP contribution in [-0.2, 0) is 20.9 Å². The van der Waals surface area contributed by atoms with Crippen LogP contribution in [0.15, 0.2) is 60.7 Å². The molecule has 0 bridgehead atoms. The SMILES string of the molecule is CCOC(=O)C[C@H](NC(=O)OCc1ccccc1)c1ccccc1. The van der Waals surface area contributed by atoms with Gasteiger partial charge in [-0.25, -0.2) is 4.79 Å². The van der Waals surface area contributed by atoms with Gasteiger partial charge in [-0.3, -0.25) is 4.79 Å². The zero-order valence-corrected chi connectivity index (χ0v) is 13.6. The number of carbonyl (C=O) groups is 2. The van der Waals surface area contributed by atoms with E-state index in [9.17, 15) is 9.59 Å². The highest BCUT2D eigenvalue weighted by molar-refractivity contribution is 5.73. The largest absolute Gasteiger partial charge is 0.466 e. The van der Waals surface area contributed by atoms with E-state index in [0.717, 1.165) is 11.1 Å². The third-order valence-corrected chi connectivity index (χ3v) is 3.38. The molecule has 0 aromatic heterocycles. The molecule has 1 amide bonds. The van der Waals surface area contributed by atoms with E-state index in [4.69, 9.17) is 9.47 Å². The van der Waals surface area contributed by atoms with Crippen LogP contribution in [0, 0.1) is 0 Å². The molecule has 1 atom stereocenters. The number of alkyl carbamates (subject to hydrolysis) is 1. The average molecular weight is 327 g/mol. The van der Waals surface area contributed by atoms with Crippen molar-refractivity contribution in [1.82, 2.24) is 5.32 Å². The van der Waals surface area contributed by atoms with Crippen LogP contribution in [0.4, 0.5) is 4.79 Å². The lowest BCUT2D eigenvalue weighted by Gasteiger charge is -2.18. The molecule has 0 fully saturated rings. The van der Waals surface area contributed by atoms with Crippen LogP contribution in [0.3, 0.4) is 0 Å². The Balaban J connectivity index is 1.96. The smallest absolute Gasteiger partial charge is 0.407 e. The van der Waals surface area contributed by atoms with Crippen molar-refractivity contribution in [3.05, 3.63) is 71.8 Å². The standard InChI is InChI=1S/C19H21NO4/c1-2-23-18(21)13-17(16-11-7-4-8-12-16)20-19(22)24-14-15-9-5-3-6-10-15/h3-12,17H,2,13-14H2,1H3,(H,20,22)/t17-/m0/s1. The summed E-state index contributed by atoms with van der Waals surface area (Å²) in [5, 5.41) is 2.73. The van der Waals surface area contributed by atoms with Gasteiger partial charge >= 0.3 is 12.1 Å². The van der Waals surface area contributed by atoms with Crippen molar-refractivity contribution in [3.8, 4) is 0 Å². The van der Waals surface area contributed by atoms with E-state index in [2.05, 4.69) is 5.32 Å². The van der Waals surface area contributed by atoms with Crippen LogP contribution in [0.1, 0.15) is 30.5 Å². The number of ether oxygens (including phenoxy) is 2. The first-order valence-corrected chi connectivity index (χ1v) is 7.87. The lowest BCUT2D eigenvalue weighted by molar-refractivity contribution is -0.143. The third-order valence-electron chi connectivity index (χ3n) is 3.38. The summed E-state index contributed by atoms with van der Waals surface area (Å²) in [5.41, 5.74) is 1.72. The monoisotopic (exact) mass is 327 g/mol. The van der Waals surface area contributed by atoms with E-state index in [1.54, 1.807) is 6.92 Å². The van der Waals surface area contributed by atoms with Crippen molar-refractivity contribution >= 4 is 12.1 Å². The maximum Gasteiger partial charge on any atom is 0.407 e. The van der Waals surface area contributed by atoms with Gasteiger partial charge in [-0.2, -0.15) is 0 Å². The van der Waals surface area contributed by atoms with Gasteiger partial charge in [0.15, 0.2) is 0 Å². The molecule has 0 saturated heterocycles. The van der Waals surface area contributed by atoms with Crippen molar-refractivity contribution < 1.29 is 19.1 Å². The molecule has 2 aromatic carbocycles. The van der Waals surface area contributed by atoms with Crippen molar-refractivity contribution in [2.24, 2.45) is 0 Å². The van der Waals surface area contributed by atoms with E-state index in [1.165, 1.54) is 0 Å². The van der Waals surface area contributed by atoms with E-state index < -0.39 is 12.1 Å². The van der Waals surface area contributed by atoms with Crippen LogP contribution < -0.4 is 5.32 Å². The Morgan fingerprint density at radius 3 is 2.21 bits per heavy atom. The predicted molar refractivity (Wildman–Crippen MR) is 90.2 cm³/mol. The van der Waals surface area contributed by atoms with Gasteiger partial charge in [0.25, 0.3) is 0 Å². The molecule has 0 unspecified atom stereocenters. The summed E-state index contributed by atoms with van der Waals surface area (Å²) in [4.78, 5) is 23.8. The molecule has 0 aliphatic heterocycles. The highest BCUT2D eigenvalue weighted by atomic mass is 16.5. The maximum absolute atomic E-state index is 12.1. The van der Waals surface area contributed by atoms with Crippen molar-refractivity contribution in [3.63, 3.8) is 0 Å². The average Bonchev–Trinajstić information content (AvgIpc) is 2.61. The highest BCUT2D eigenvalue weighted by Crippen LogP contribution is 2.17. The summed E-state index contributed by atoms with van der Waals surface area (Å²) in [7, 11) is 0. The van der Waals surface area contributed by atoms with Crippen LogP contribution in [0.2, 0.25) is 0 Å². The fourth-order valence-corrected chi connectivity index (χ4v) is 2.23. The molecule has 24 heavy (non-hydrogen) atoms. The first-order chi connectivity index (χ1) is 11.7. The predicted octanol–water partition coefficient (Wildman–Crippen LogP) is 3.61. The molecule has 5 nitrogen and oxygen atoms in total. The molecule has 1 N–H and O–H groups in total. The Kier molecular flexibility index (Phi) is 6.83. The minimum absolute atomic E-state index is 0.0539. The second kappa shape index (κ2) is 9.35. The lowest BCUT2D eigenvalue weighted by Crippen LogP contribution is -2.31. The minimum Gasteiger partial charge on any atom is -0.466 e. The Morgan fingerprint density at radius 1 is 0.958 bits per heavy atom. The highest BCUT2D eigenvalue weighted by Gasteiger charge is 2.19. The fraction of sp³-hybridized carbons (Fsp3) is 0.263. The number of hydrogen-bond acceptors (Lipinski definition) is 4. The van der Waals surface area contributed by atoms with E-state index >= 15 is 0 Å². The fourth-order valence-electron chi connectivity index (χ4n) is 2.23. The van der Waals surface area contributed by atoms with Crippen molar-refractivity contribution in [2.45, 2.75) is 26.0 Å². The molecule has 0 radical (unpaired) electrons. The van der Waals surface area contributed by atoms with Gasteiger partial charge in [-0.1, -0.05) is 60.7 Å². The molecule has 2 aromatic rings. The molecular formula is C19H21NO4. The quantitative estimate of drug-likeness (QED) is 0.789. The van der Waals surface area contributed by atoms with E-state index in [1.807, 2.05) is 60.7 Å². The summed E-state index contributed by atoms with van der Waals surface area (Å²) in [5.74, 6) is -0.366. The molecule has 5 heteroatoms. The molecule has 0 heterocycles. The molecule has 0 aliphatic rings. The molecule has 0 spiro atoms. The third kappa shape index (κ3) is 5.76. The normalized spacial score (nSPS) is 11.4. The molecule has 0 saturated carbocycles. The number of amides is 1. The van der Waals surface area contributed by atoms with Gasteiger partial charge in [0, 0.05) is 0 Å². The van der Waals surface area contributed by atoms with Gasteiger partial charge in [-0.15, -0.1) is 0 Å². The molecular weight excluding hydrogens is 306 g/mol. The zero-order valence-electron chi connectivity index (χ0n) is 13.6. The van der Waals surface area contributed by atoms with Gasteiger partial charge < -0.3 is 14.8 Å².